The van der Waals surface area contributed by atoms with Crippen LogP contribution in [0.2, 0.25) is 0 Å². The highest BCUT2D eigenvalue weighted by molar-refractivity contribution is 6.04. The number of amides is 1. The molecule has 1 saturated carbocycles. The topological polar surface area (TPSA) is 80.5 Å². The minimum atomic E-state index is -4.24. The van der Waals surface area contributed by atoms with Crippen LogP contribution in [0.3, 0.4) is 0 Å². The molecule has 3 N–H and O–H groups in total. The number of hydrogen-bond acceptors (Lipinski definition) is 5. The molecule has 0 spiro atoms. The lowest BCUT2D eigenvalue weighted by atomic mass is 9.85. The van der Waals surface area contributed by atoms with E-state index in [0.29, 0.717) is 25.2 Å². The molecule has 2 heterocycles. The number of nitrogens with zero attached hydrogens (tertiary/aromatic N) is 2. The lowest BCUT2D eigenvalue weighted by molar-refractivity contribution is -0.182. The Morgan fingerprint density at radius 1 is 1.11 bits per heavy atom. The Morgan fingerprint density at radius 2 is 1.77 bits per heavy atom. The van der Waals surface area contributed by atoms with E-state index in [0.717, 1.165) is 18.2 Å². The van der Waals surface area contributed by atoms with Gasteiger partial charge in [-0.3, -0.25) is 4.79 Å². The van der Waals surface area contributed by atoms with Gasteiger partial charge in [0, 0.05) is 37.4 Å². The van der Waals surface area contributed by atoms with Crippen molar-refractivity contribution in [2.24, 2.45) is 11.7 Å². The molecular weight excluding hydrogens is 471 g/mol. The second kappa shape index (κ2) is 9.96. The van der Waals surface area contributed by atoms with E-state index in [-0.39, 0.29) is 54.3 Å². The van der Waals surface area contributed by atoms with Gasteiger partial charge in [0.1, 0.15) is 11.6 Å². The number of carbonyl (C=O) groups excluding carboxylic acids is 1. The fourth-order valence-corrected chi connectivity index (χ4v) is 4.91. The van der Waals surface area contributed by atoms with Gasteiger partial charge in [0.25, 0.3) is 5.91 Å². The predicted molar refractivity (Wildman–Crippen MR) is 120 cm³/mol. The fourth-order valence-electron chi connectivity index (χ4n) is 4.91. The highest BCUT2D eigenvalue weighted by Crippen LogP contribution is 2.42. The van der Waals surface area contributed by atoms with E-state index >= 15 is 0 Å². The minimum Gasteiger partial charge on any atom is -0.480 e. The molecule has 190 valence electrons. The number of hydrogen-bond donors (Lipinski definition) is 2. The van der Waals surface area contributed by atoms with Gasteiger partial charge in [-0.1, -0.05) is 0 Å². The molecule has 6 nitrogen and oxygen atoms in total. The SMILES string of the molecule is COc1ncc(C(=O)NC2CCC(C(F)(F)F)CC2)c(N2CC[C@H](N)C2)c1-c1cc(F)cc(F)c1. The zero-order chi connectivity index (χ0) is 25.3. The number of alkyl halides is 3. The van der Waals surface area contributed by atoms with Crippen LogP contribution in [0.1, 0.15) is 42.5 Å². The number of pyridine rings is 1. The summed E-state index contributed by atoms with van der Waals surface area (Å²) >= 11 is 0. The van der Waals surface area contributed by atoms with E-state index in [4.69, 9.17) is 10.5 Å². The number of halogens is 5. The maximum Gasteiger partial charge on any atom is 0.391 e. The Labute approximate surface area is 199 Å². The van der Waals surface area contributed by atoms with E-state index in [1.54, 1.807) is 0 Å². The summed E-state index contributed by atoms with van der Waals surface area (Å²) in [5.74, 6) is -3.42. The summed E-state index contributed by atoms with van der Waals surface area (Å²) < 4.78 is 72.6. The van der Waals surface area contributed by atoms with Crippen LogP contribution in [0.15, 0.2) is 24.4 Å². The van der Waals surface area contributed by atoms with E-state index in [1.807, 2.05) is 4.90 Å². The highest BCUT2D eigenvalue weighted by Gasteiger charge is 2.41. The van der Waals surface area contributed by atoms with Crippen LogP contribution in [-0.4, -0.2) is 49.4 Å². The minimum absolute atomic E-state index is 0.0586. The van der Waals surface area contributed by atoms with Crippen molar-refractivity contribution in [3.8, 4) is 17.0 Å². The predicted octanol–water partition coefficient (Wildman–Crippen LogP) is 4.42. The van der Waals surface area contributed by atoms with Gasteiger partial charge in [-0.05, 0) is 49.8 Å². The Balaban J connectivity index is 1.71. The Hall–Kier alpha value is -2.95. The molecule has 1 amide bonds. The third kappa shape index (κ3) is 5.50. The van der Waals surface area contributed by atoms with E-state index in [2.05, 4.69) is 10.3 Å². The number of carbonyl (C=O) groups is 1. The largest absolute Gasteiger partial charge is 0.480 e. The number of aromatic nitrogens is 1. The van der Waals surface area contributed by atoms with Gasteiger partial charge >= 0.3 is 6.18 Å². The number of benzene rings is 1. The molecule has 0 unspecified atom stereocenters. The monoisotopic (exact) mass is 498 g/mol. The first-order valence-electron chi connectivity index (χ1n) is 11.5. The highest BCUT2D eigenvalue weighted by atomic mass is 19.4. The third-order valence-electron chi connectivity index (χ3n) is 6.67. The second-order valence-electron chi connectivity index (χ2n) is 9.12. The molecule has 1 saturated heterocycles. The maximum absolute atomic E-state index is 14.1. The first kappa shape index (κ1) is 25.2. The molecule has 1 aromatic carbocycles. The second-order valence-corrected chi connectivity index (χ2v) is 9.12. The molecule has 11 heteroatoms. The molecule has 4 rings (SSSR count). The first-order valence-corrected chi connectivity index (χ1v) is 11.5. The summed E-state index contributed by atoms with van der Waals surface area (Å²) in [6.45, 7) is 0.894. The van der Waals surface area contributed by atoms with Gasteiger partial charge in [0.15, 0.2) is 0 Å². The molecule has 0 radical (unpaired) electrons. The summed E-state index contributed by atoms with van der Waals surface area (Å²) in [7, 11) is 1.36. The zero-order valence-corrected chi connectivity index (χ0v) is 19.2. The van der Waals surface area contributed by atoms with E-state index < -0.39 is 35.7 Å². The van der Waals surface area contributed by atoms with Crippen molar-refractivity contribution in [2.75, 3.05) is 25.1 Å². The van der Waals surface area contributed by atoms with Crippen molar-refractivity contribution in [3.63, 3.8) is 0 Å². The van der Waals surface area contributed by atoms with Crippen LogP contribution in [0.25, 0.3) is 11.1 Å². The van der Waals surface area contributed by atoms with Crippen molar-refractivity contribution in [3.05, 3.63) is 41.6 Å². The standard InChI is InChI=1S/C24H27F5N4O2/c1-35-23-20(13-8-15(25)10-16(26)9-13)21(33-7-6-17(30)12-33)19(11-31-23)22(34)32-18-4-2-14(3-5-18)24(27,28)29/h8-11,14,17-18H,2-7,12,30H2,1H3,(H,32,34)/t14?,17-,18?/m0/s1. The smallest absolute Gasteiger partial charge is 0.391 e. The Morgan fingerprint density at radius 3 is 2.31 bits per heavy atom. The number of nitrogens with one attached hydrogen (secondary N) is 1. The number of ether oxygens (including phenoxy) is 1. The molecule has 0 bridgehead atoms. The van der Waals surface area contributed by atoms with Crippen molar-refractivity contribution >= 4 is 11.6 Å². The average molecular weight is 498 g/mol. The van der Waals surface area contributed by atoms with Crippen LogP contribution >= 0.6 is 0 Å². The van der Waals surface area contributed by atoms with Gasteiger partial charge in [-0.15, -0.1) is 0 Å². The van der Waals surface area contributed by atoms with E-state index in [1.165, 1.54) is 13.3 Å². The lowest BCUT2D eigenvalue weighted by Gasteiger charge is -2.31. The number of nitrogens with two attached hydrogens (primary N) is 1. The molecule has 1 atom stereocenters. The number of rotatable bonds is 5. The average Bonchev–Trinajstić information content (AvgIpc) is 3.23. The van der Waals surface area contributed by atoms with E-state index in [9.17, 15) is 26.7 Å². The molecule has 1 aromatic heterocycles. The summed E-state index contributed by atoms with van der Waals surface area (Å²) in [4.78, 5) is 19.4. The quantitative estimate of drug-likeness (QED) is 0.597. The molecule has 1 aliphatic carbocycles. The van der Waals surface area contributed by atoms with Gasteiger partial charge in [0.2, 0.25) is 5.88 Å². The van der Waals surface area contributed by atoms with Crippen molar-refractivity contribution in [1.82, 2.24) is 10.3 Å². The molecular formula is C24H27F5N4O2. The first-order chi connectivity index (χ1) is 16.6. The van der Waals surface area contributed by atoms with Crippen LogP contribution in [-0.2, 0) is 0 Å². The van der Waals surface area contributed by atoms with Crippen molar-refractivity contribution < 1.29 is 31.5 Å². The molecule has 35 heavy (non-hydrogen) atoms. The molecule has 2 aromatic rings. The summed E-state index contributed by atoms with van der Waals surface area (Å²) in [6.07, 6.45) is -2.01. The zero-order valence-electron chi connectivity index (χ0n) is 19.2. The fraction of sp³-hybridized carbons (Fsp3) is 0.500. The Bertz CT molecular complexity index is 1070. The van der Waals surface area contributed by atoms with Crippen LogP contribution in [0.4, 0.5) is 27.6 Å². The lowest BCUT2D eigenvalue weighted by Crippen LogP contribution is -2.40. The molecule has 2 fully saturated rings. The van der Waals surface area contributed by atoms with Gasteiger partial charge in [-0.25, -0.2) is 13.8 Å². The maximum atomic E-state index is 14.1. The van der Waals surface area contributed by atoms with Crippen molar-refractivity contribution in [1.29, 1.82) is 0 Å². The van der Waals surface area contributed by atoms with Crippen LogP contribution in [0.5, 0.6) is 5.88 Å². The van der Waals surface area contributed by atoms with Gasteiger partial charge in [0.05, 0.1) is 29.8 Å². The molecule has 2 aliphatic rings. The third-order valence-corrected chi connectivity index (χ3v) is 6.67. The summed E-state index contributed by atoms with van der Waals surface area (Å²) in [5.41, 5.74) is 6.99. The van der Waals surface area contributed by atoms with Gasteiger partial charge in [-0.2, -0.15) is 13.2 Å². The number of methoxy groups -OCH3 is 1. The molecule has 1 aliphatic heterocycles. The van der Waals surface area contributed by atoms with Crippen molar-refractivity contribution in [2.45, 2.75) is 50.4 Å². The van der Waals surface area contributed by atoms with Crippen LogP contribution in [0, 0.1) is 17.6 Å². The summed E-state index contributed by atoms with van der Waals surface area (Å²) in [6, 6.07) is 2.40. The number of anilines is 1. The van der Waals surface area contributed by atoms with Crippen LogP contribution < -0.4 is 20.7 Å². The van der Waals surface area contributed by atoms with Gasteiger partial charge < -0.3 is 20.7 Å². The summed E-state index contributed by atoms with van der Waals surface area (Å²) in [5, 5.41) is 2.83. The Kier molecular flexibility index (Phi) is 7.16. The normalized spacial score (nSPS) is 22.8.